The summed E-state index contributed by atoms with van der Waals surface area (Å²) in [6, 6.07) is 9.24. The summed E-state index contributed by atoms with van der Waals surface area (Å²) in [6.45, 7) is 0. The second-order valence-corrected chi connectivity index (χ2v) is 4.14. The van der Waals surface area contributed by atoms with Crippen LogP contribution in [0.25, 0.3) is 11.1 Å². The Balaban J connectivity index is 2.20. The summed E-state index contributed by atoms with van der Waals surface area (Å²) < 4.78 is 4.65. The Bertz CT molecular complexity index is 637. The number of aliphatic hydroxyl groups excluding tert-OH is 1. The van der Waals surface area contributed by atoms with Gasteiger partial charge >= 0.3 is 5.97 Å². The average Bonchev–Trinajstić information content (AvgIpc) is 2.72. The number of fused-ring (bicyclic) bond motifs is 3. The van der Waals surface area contributed by atoms with Crippen LogP contribution in [-0.2, 0) is 4.74 Å². The molecule has 0 aliphatic heterocycles. The topological polar surface area (TPSA) is 59.4 Å². The highest BCUT2D eigenvalue weighted by Crippen LogP contribution is 2.42. The molecule has 2 aromatic rings. The molecule has 1 aromatic carbocycles. The van der Waals surface area contributed by atoms with Crippen LogP contribution in [0, 0.1) is 0 Å². The predicted octanol–water partition coefficient (Wildman–Crippen LogP) is 1.93. The zero-order valence-electron chi connectivity index (χ0n) is 9.75. The van der Waals surface area contributed by atoms with E-state index in [0.717, 1.165) is 22.3 Å². The standard InChI is InChI=1S/C14H11NO3/c1-18-14(17)12-6-10-8-4-2-3-5-9(8)13(16)11(10)7-15-12/h2-7,13,16H,1H3. The van der Waals surface area contributed by atoms with Gasteiger partial charge in [-0.3, -0.25) is 0 Å². The molecule has 0 spiro atoms. The lowest BCUT2D eigenvalue weighted by molar-refractivity contribution is 0.0594. The number of esters is 1. The molecule has 0 fully saturated rings. The molecule has 1 atom stereocenters. The van der Waals surface area contributed by atoms with Crippen molar-refractivity contribution in [3.63, 3.8) is 0 Å². The van der Waals surface area contributed by atoms with Gasteiger partial charge in [0, 0.05) is 11.8 Å². The van der Waals surface area contributed by atoms with Crippen molar-refractivity contribution in [2.24, 2.45) is 0 Å². The second kappa shape index (κ2) is 3.92. The Morgan fingerprint density at radius 3 is 2.83 bits per heavy atom. The highest BCUT2D eigenvalue weighted by molar-refractivity contribution is 5.90. The Labute approximate surface area is 104 Å². The second-order valence-electron chi connectivity index (χ2n) is 4.14. The minimum absolute atomic E-state index is 0.250. The monoisotopic (exact) mass is 241 g/mol. The Kier molecular flexibility index (Phi) is 2.38. The van der Waals surface area contributed by atoms with Gasteiger partial charge in [0.25, 0.3) is 0 Å². The lowest BCUT2D eigenvalue weighted by Crippen LogP contribution is -2.05. The molecular weight excluding hydrogens is 230 g/mol. The lowest BCUT2D eigenvalue weighted by atomic mass is 10.1. The fourth-order valence-corrected chi connectivity index (χ4v) is 2.28. The number of methoxy groups -OCH3 is 1. The van der Waals surface area contributed by atoms with Crippen molar-refractivity contribution in [2.75, 3.05) is 7.11 Å². The molecule has 0 saturated heterocycles. The molecule has 1 aliphatic rings. The fraction of sp³-hybridized carbons (Fsp3) is 0.143. The van der Waals surface area contributed by atoms with E-state index >= 15 is 0 Å². The first kappa shape index (κ1) is 10.9. The van der Waals surface area contributed by atoms with Crippen LogP contribution in [0.4, 0.5) is 0 Å². The number of ether oxygens (including phenoxy) is 1. The Morgan fingerprint density at radius 1 is 1.28 bits per heavy atom. The van der Waals surface area contributed by atoms with Crippen molar-refractivity contribution in [3.05, 3.63) is 53.3 Å². The fourth-order valence-electron chi connectivity index (χ4n) is 2.28. The van der Waals surface area contributed by atoms with Gasteiger partial charge in [0.1, 0.15) is 11.8 Å². The van der Waals surface area contributed by atoms with E-state index in [1.54, 1.807) is 6.07 Å². The number of pyridine rings is 1. The quantitative estimate of drug-likeness (QED) is 0.775. The third kappa shape index (κ3) is 1.43. The van der Waals surface area contributed by atoms with Gasteiger partial charge in [-0.05, 0) is 22.8 Å². The van der Waals surface area contributed by atoms with Crippen LogP contribution in [-0.4, -0.2) is 23.2 Å². The minimum atomic E-state index is -0.671. The van der Waals surface area contributed by atoms with Gasteiger partial charge in [0.15, 0.2) is 0 Å². The van der Waals surface area contributed by atoms with E-state index in [4.69, 9.17) is 0 Å². The number of aliphatic hydroxyl groups is 1. The first-order valence-corrected chi connectivity index (χ1v) is 5.58. The van der Waals surface area contributed by atoms with Crippen molar-refractivity contribution in [1.82, 2.24) is 4.98 Å². The molecule has 1 aromatic heterocycles. The maximum Gasteiger partial charge on any atom is 0.356 e. The van der Waals surface area contributed by atoms with Crippen LogP contribution in [0.2, 0.25) is 0 Å². The van der Waals surface area contributed by atoms with Gasteiger partial charge in [-0.25, -0.2) is 9.78 Å². The molecule has 0 amide bonds. The summed E-state index contributed by atoms with van der Waals surface area (Å²) in [6.07, 6.45) is 0.863. The summed E-state index contributed by atoms with van der Waals surface area (Å²) in [4.78, 5) is 15.5. The van der Waals surface area contributed by atoms with E-state index in [-0.39, 0.29) is 5.69 Å². The molecule has 0 bridgehead atoms. The van der Waals surface area contributed by atoms with Crippen LogP contribution in [0.5, 0.6) is 0 Å². The average molecular weight is 241 g/mol. The molecule has 0 radical (unpaired) electrons. The maximum absolute atomic E-state index is 11.5. The molecule has 4 heteroatoms. The summed E-state index contributed by atoms with van der Waals surface area (Å²) >= 11 is 0. The van der Waals surface area contributed by atoms with Crippen LogP contribution in [0.3, 0.4) is 0 Å². The summed E-state index contributed by atoms with van der Waals surface area (Å²) in [5.41, 5.74) is 3.60. The Hall–Kier alpha value is -2.20. The molecule has 3 rings (SSSR count). The predicted molar refractivity (Wildman–Crippen MR) is 65.1 cm³/mol. The smallest absolute Gasteiger partial charge is 0.356 e. The van der Waals surface area contributed by atoms with E-state index in [1.807, 2.05) is 24.3 Å². The number of hydrogen-bond donors (Lipinski definition) is 1. The van der Waals surface area contributed by atoms with Crippen molar-refractivity contribution in [2.45, 2.75) is 6.10 Å². The van der Waals surface area contributed by atoms with Gasteiger partial charge in [-0.1, -0.05) is 24.3 Å². The van der Waals surface area contributed by atoms with Gasteiger partial charge in [-0.2, -0.15) is 0 Å². The lowest BCUT2D eigenvalue weighted by Gasteiger charge is -2.05. The zero-order valence-corrected chi connectivity index (χ0v) is 9.75. The number of aromatic nitrogens is 1. The van der Waals surface area contributed by atoms with Crippen LogP contribution in [0.15, 0.2) is 36.5 Å². The van der Waals surface area contributed by atoms with E-state index in [1.165, 1.54) is 13.3 Å². The van der Waals surface area contributed by atoms with Gasteiger partial charge in [-0.15, -0.1) is 0 Å². The van der Waals surface area contributed by atoms with Gasteiger partial charge in [0.05, 0.1) is 7.11 Å². The van der Waals surface area contributed by atoms with Crippen molar-refractivity contribution in [3.8, 4) is 11.1 Å². The zero-order chi connectivity index (χ0) is 12.7. The highest BCUT2D eigenvalue weighted by atomic mass is 16.5. The summed E-state index contributed by atoms with van der Waals surface area (Å²) in [5, 5.41) is 10.2. The highest BCUT2D eigenvalue weighted by Gasteiger charge is 2.28. The number of nitrogens with zero attached hydrogens (tertiary/aromatic N) is 1. The number of benzene rings is 1. The van der Waals surface area contributed by atoms with E-state index in [0.29, 0.717) is 0 Å². The van der Waals surface area contributed by atoms with Crippen molar-refractivity contribution in [1.29, 1.82) is 0 Å². The summed E-state index contributed by atoms with van der Waals surface area (Å²) in [5.74, 6) is -0.475. The normalized spacial score (nSPS) is 16.0. The van der Waals surface area contributed by atoms with Crippen LogP contribution in [0.1, 0.15) is 27.7 Å². The Morgan fingerprint density at radius 2 is 2.06 bits per heavy atom. The molecule has 1 aliphatic carbocycles. The molecule has 90 valence electrons. The number of rotatable bonds is 1. The van der Waals surface area contributed by atoms with Crippen LogP contribution < -0.4 is 0 Å². The van der Waals surface area contributed by atoms with Crippen molar-refractivity contribution >= 4 is 5.97 Å². The first-order valence-electron chi connectivity index (χ1n) is 5.58. The molecule has 1 heterocycles. The van der Waals surface area contributed by atoms with E-state index in [9.17, 15) is 9.90 Å². The van der Waals surface area contributed by atoms with Gasteiger partial charge < -0.3 is 9.84 Å². The SMILES string of the molecule is COC(=O)c1cc2c(cn1)C(O)c1ccccc1-2. The summed E-state index contributed by atoms with van der Waals surface area (Å²) in [7, 11) is 1.32. The molecule has 18 heavy (non-hydrogen) atoms. The van der Waals surface area contributed by atoms with Gasteiger partial charge in [0.2, 0.25) is 0 Å². The number of carbonyl (C=O) groups excluding carboxylic acids is 1. The number of carbonyl (C=O) groups is 1. The molecule has 1 unspecified atom stereocenters. The maximum atomic E-state index is 11.5. The third-order valence-corrected chi connectivity index (χ3v) is 3.17. The van der Waals surface area contributed by atoms with E-state index in [2.05, 4.69) is 9.72 Å². The molecule has 0 saturated carbocycles. The number of hydrogen-bond acceptors (Lipinski definition) is 4. The molecule has 4 nitrogen and oxygen atoms in total. The van der Waals surface area contributed by atoms with Crippen LogP contribution >= 0.6 is 0 Å². The largest absolute Gasteiger partial charge is 0.464 e. The third-order valence-electron chi connectivity index (χ3n) is 3.17. The van der Waals surface area contributed by atoms with E-state index < -0.39 is 12.1 Å². The van der Waals surface area contributed by atoms with Crippen molar-refractivity contribution < 1.29 is 14.6 Å². The molecule has 1 N–H and O–H groups in total. The minimum Gasteiger partial charge on any atom is -0.464 e. The molecular formula is C14H11NO3. The first-order chi connectivity index (χ1) is 8.72.